The van der Waals surface area contributed by atoms with E-state index in [4.69, 9.17) is 14.2 Å². The quantitative estimate of drug-likeness (QED) is 0.569. The number of carbonyl (C=O) groups excluding carboxylic acids is 1. The lowest BCUT2D eigenvalue weighted by atomic mass is 10.0. The zero-order valence-electron chi connectivity index (χ0n) is 16.4. The monoisotopic (exact) mass is 370 g/mol. The lowest BCUT2D eigenvalue weighted by Crippen LogP contribution is -2.25. The van der Waals surface area contributed by atoms with Crippen molar-refractivity contribution in [3.63, 3.8) is 0 Å². The van der Waals surface area contributed by atoms with Gasteiger partial charge in [-0.3, -0.25) is 4.79 Å². The molecule has 2 rings (SSSR count). The van der Waals surface area contributed by atoms with Gasteiger partial charge in [0.15, 0.2) is 18.1 Å². The Balaban J connectivity index is 1.98. The van der Waals surface area contributed by atoms with Crippen molar-refractivity contribution in [2.75, 3.05) is 20.8 Å². The van der Waals surface area contributed by atoms with Crippen LogP contribution < -0.4 is 19.6 Å². The molecule has 6 heteroatoms. The maximum Gasteiger partial charge on any atom is 0.277 e. The van der Waals surface area contributed by atoms with E-state index < -0.39 is 0 Å². The van der Waals surface area contributed by atoms with Crippen LogP contribution in [0.5, 0.6) is 17.2 Å². The number of benzene rings is 2. The number of amides is 1. The van der Waals surface area contributed by atoms with Crippen LogP contribution in [0.3, 0.4) is 0 Å². The molecule has 0 atom stereocenters. The van der Waals surface area contributed by atoms with E-state index in [9.17, 15) is 4.79 Å². The number of hydrogen-bond donors (Lipinski definition) is 1. The first kappa shape index (κ1) is 20.3. The van der Waals surface area contributed by atoms with Gasteiger partial charge in [0.25, 0.3) is 5.91 Å². The third-order valence-corrected chi connectivity index (χ3v) is 3.98. The van der Waals surface area contributed by atoms with Crippen molar-refractivity contribution >= 4 is 12.1 Å². The molecule has 0 spiro atoms. The first-order valence-corrected chi connectivity index (χ1v) is 8.72. The van der Waals surface area contributed by atoms with Crippen LogP contribution in [-0.2, 0) is 4.79 Å². The lowest BCUT2D eigenvalue weighted by Gasteiger charge is -2.14. The summed E-state index contributed by atoms with van der Waals surface area (Å²) >= 11 is 0. The van der Waals surface area contributed by atoms with Crippen molar-refractivity contribution in [2.24, 2.45) is 5.10 Å². The Morgan fingerprint density at radius 3 is 2.59 bits per heavy atom. The van der Waals surface area contributed by atoms with Crippen molar-refractivity contribution in [1.29, 1.82) is 0 Å². The maximum atomic E-state index is 12.0. The van der Waals surface area contributed by atoms with Gasteiger partial charge in [-0.05, 0) is 42.2 Å². The fraction of sp³-hybridized carbons (Fsp3) is 0.333. The van der Waals surface area contributed by atoms with E-state index >= 15 is 0 Å². The number of hydrazone groups is 1. The van der Waals surface area contributed by atoms with Gasteiger partial charge in [-0.15, -0.1) is 0 Å². The molecule has 0 unspecified atom stereocenters. The minimum absolute atomic E-state index is 0.115. The lowest BCUT2D eigenvalue weighted by molar-refractivity contribution is -0.123. The smallest absolute Gasteiger partial charge is 0.277 e. The fourth-order valence-corrected chi connectivity index (χ4v) is 2.61. The van der Waals surface area contributed by atoms with Crippen LogP contribution in [0.4, 0.5) is 0 Å². The van der Waals surface area contributed by atoms with Crippen LogP contribution in [0.15, 0.2) is 41.5 Å². The molecule has 0 radical (unpaired) electrons. The van der Waals surface area contributed by atoms with Gasteiger partial charge in [-0.25, -0.2) is 5.43 Å². The summed E-state index contributed by atoms with van der Waals surface area (Å²) in [4.78, 5) is 12.0. The zero-order valence-corrected chi connectivity index (χ0v) is 16.4. The summed E-state index contributed by atoms with van der Waals surface area (Å²) < 4.78 is 16.3. The number of rotatable bonds is 8. The van der Waals surface area contributed by atoms with Crippen molar-refractivity contribution in [3.8, 4) is 17.2 Å². The van der Waals surface area contributed by atoms with Gasteiger partial charge in [0.2, 0.25) is 0 Å². The maximum absolute atomic E-state index is 12.0. The molecule has 1 amide bonds. The van der Waals surface area contributed by atoms with Crippen molar-refractivity contribution in [1.82, 2.24) is 5.43 Å². The molecule has 2 aromatic rings. The summed E-state index contributed by atoms with van der Waals surface area (Å²) in [5.41, 5.74) is 5.31. The Morgan fingerprint density at radius 1 is 1.15 bits per heavy atom. The number of para-hydroxylation sites is 1. The van der Waals surface area contributed by atoms with E-state index in [1.807, 2.05) is 37.3 Å². The molecule has 0 bridgehead atoms. The Kier molecular flexibility index (Phi) is 7.23. The summed E-state index contributed by atoms with van der Waals surface area (Å²) in [6.07, 6.45) is 1.51. The van der Waals surface area contributed by atoms with Gasteiger partial charge < -0.3 is 14.2 Å². The van der Waals surface area contributed by atoms with E-state index in [-0.39, 0.29) is 12.5 Å². The minimum atomic E-state index is -0.343. The highest BCUT2D eigenvalue weighted by molar-refractivity contribution is 5.86. The van der Waals surface area contributed by atoms with Crippen molar-refractivity contribution in [3.05, 3.63) is 53.1 Å². The molecule has 0 saturated heterocycles. The average Bonchev–Trinajstić information content (AvgIpc) is 2.65. The highest BCUT2D eigenvalue weighted by Crippen LogP contribution is 2.29. The predicted molar refractivity (Wildman–Crippen MR) is 106 cm³/mol. The molecule has 0 aromatic heterocycles. The topological polar surface area (TPSA) is 69.2 Å². The van der Waals surface area contributed by atoms with E-state index in [2.05, 4.69) is 24.4 Å². The van der Waals surface area contributed by atoms with Crippen LogP contribution in [0, 0.1) is 6.92 Å². The molecule has 2 aromatic carbocycles. The minimum Gasteiger partial charge on any atom is -0.493 e. The second-order valence-corrected chi connectivity index (χ2v) is 6.36. The van der Waals surface area contributed by atoms with E-state index in [1.165, 1.54) is 6.21 Å². The summed E-state index contributed by atoms with van der Waals surface area (Å²) in [5, 5.41) is 3.97. The molecule has 0 aliphatic carbocycles. The van der Waals surface area contributed by atoms with Gasteiger partial charge in [0.05, 0.1) is 20.4 Å². The van der Waals surface area contributed by atoms with Gasteiger partial charge in [-0.1, -0.05) is 32.0 Å². The molecule has 0 fully saturated rings. The zero-order chi connectivity index (χ0) is 19.8. The van der Waals surface area contributed by atoms with Crippen molar-refractivity contribution < 1.29 is 19.0 Å². The summed E-state index contributed by atoms with van der Waals surface area (Å²) in [6, 6.07) is 11.4. The predicted octanol–water partition coefficient (Wildman–Crippen LogP) is 3.66. The van der Waals surface area contributed by atoms with Gasteiger partial charge in [0, 0.05) is 5.56 Å². The number of carbonyl (C=O) groups is 1. The Morgan fingerprint density at radius 2 is 1.93 bits per heavy atom. The molecule has 6 nitrogen and oxygen atoms in total. The largest absolute Gasteiger partial charge is 0.493 e. The highest BCUT2D eigenvalue weighted by atomic mass is 16.5. The first-order valence-electron chi connectivity index (χ1n) is 8.72. The van der Waals surface area contributed by atoms with Gasteiger partial charge in [-0.2, -0.15) is 5.10 Å². The highest BCUT2D eigenvalue weighted by Gasteiger charge is 2.10. The van der Waals surface area contributed by atoms with Gasteiger partial charge in [0.1, 0.15) is 5.75 Å². The third kappa shape index (κ3) is 5.48. The Bertz CT molecular complexity index is 816. The molecular formula is C21H26N2O4. The number of aryl methyl sites for hydroxylation is 1. The fourth-order valence-electron chi connectivity index (χ4n) is 2.61. The number of ether oxygens (including phenoxy) is 3. The van der Waals surface area contributed by atoms with Crippen LogP contribution >= 0.6 is 0 Å². The van der Waals surface area contributed by atoms with E-state index in [0.29, 0.717) is 23.0 Å². The third-order valence-electron chi connectivity index (χ3n) is 3.98. The summed E-state index contributed by atoms with van der Waals surface area (Å²) in [6.45, 7) is 6.05. The van der Waals surface area contributed by atoms with E-state index in [1.54, 1.807) is 20.3 Å². The standard InChI is InChI=1S/C21H26N2O4/c1-14(2)17-10-9-15(3)11-19(17)27-13-20(24)23-22-12-16-7-6-8-18(25-4)21(16)26-5/h6-12,14H,13H2,1-5H3,(H,23,24)/b22-12+. The van der Waals surface area contributed by atoms with Crippen LogP contribution in [0.2, 0.25) is 0 Å². The average molecular weight is 370 g/mol. The molecule has 0 saturated carbocycles. The molecule has 0 aliphatic rings. The molecule has 0 heterocycles. The van der Waals surface area contributed by atoms with E-state index in [0.717, 1.165) is 16.9 Å². The molecule has 144 valence electrons. The molecule has 27 heavy (non-hydrogen) atoms. The molecular weight excluding hydrogens is 344 g/mol. The number of nitrogens with zero attached hydrogens (tertiary/aromatic N) is 1. The second kappa shape index (κ2) is 9.62. The number of nitrogens with one attached hydrogen (secondary N) is 1. The Hall–Kier alpha value is -3.02. The Labute approximate surface area is 160 Å². The SMILES string of the molecule is COc1cccc(/C=N/NC(=O)COc2cc(C)ccc2C(C)C)c1OC. The number of methoxy groups -OCH3 is 2. The van der Waals surface area contributed by atoms with Crippen LogP contribution in [0.25, 0.3) is 0 Å². The van der Waals surface area contributed by atoms with Gasteiger partial charge >= 0.3 is 0 Å². The van der Waals surface area contributed by atoms with Crippen LogP contribution in [0.1, 0.15) is 36.5 Å². The second-order valence-electron chi connectivity index (χ2n) is 6.36. The number of hydrogen-bond acceptors (Lipinski definition) is 5. The molecule has 1 N–H and O–H groups in total. The summed E-state index contributed by atoms with van der Waals surface area (Å²) in [5.74, 6) is 1.83. The van der Waals surface area contributed by atoms with Crippen molar-refractivity contribution in [2.45, 2.75) is 26.7 Å². The molecule has 0 aliphatic heterocycles. The summed E-state index contributed by atoms with van der Waals surface area (Å²) in [7, 11) is 3.12. The normalized spacial score (nSPS) is 10.9. The first-order chi connectivity index (χ1) is 13.0. The van der Waals surface area contributed by atoms with Crippen LogP contribution in [-0.4, -0.2) is 32.9 Å².